The topological polar surface area (TPSA) is 46.2 Å². The first-order valence-electron chi connectivity index (χ1n) is 3.96. The highest BCUT2D eigenvalue weighted by Crippen LogP contribution is 2.20. The molecular formula is C9H11BrFNO. The molecule has 0 saturated heterocycles. The first kappa shape index (κ1) is 10.6. The van der Waals surface area contributed by atoms with Crippen LogP contribution in [-0.2, 0) is 0 Å². The van der Waals surface area contributed by atoms with E-state index in [4.69, 9.17) is 10.8 Å². The van der Waals surface area contributed by atoms with E-state index in [1.165, 1.54) is 12.1 Å². The van der Waals surface area contributed by atoms with E-state index in [1.807, 2.05) is 0 Å². The molecule has 1 atom stereocenters. The predicted molar refractivity (Wildman–Crippen MR) is 52.7 cm³/mol. The Labute approximate surface area is 84.7 Å². The van der Waals surface area contributed by atoms with E-state index in [2.05, 4.69) is 15.9 Å². The van der Waals surface area contributed by atoms with Gasteiger partial charge < -0.3 is 10.8 Å². The van der Waals surface area contributed by atoms with Crippen LogP contribution in [0.1, 0.15) is 18.0 Å². The summed E-state index contributed by atoms with van der Waals surface area (Å²) in [6.45, 7) is 0.00923. The molecule has 0 aliphatic rings. The third-order valence-corrected chi connectivity index (χ3v) is 2.21. The van der Waals surface area contributed by atoms with Crippen LogP contribution in [-0.4, -0.2) is 11.7 Å². The molecule has 0 fully saturated rings. The van der Waals surface area contributed by atoms with E-state index >= 15 is 0 Å². The van der Waals surface area contributed by atoms with Crippen molar-refractivity contribution in [3.05, 3.63) is 34.1 Å². The summed E-state index contributed by atoms with van der Waals surface area (Å²) in [5.74, 6) is -0.322. The normalized spacial score (nSPS) is 12.9. The molecule has 2 nitrogen and oxygen atoms in total. The number of hydrogen-bond donors (Lipinski definition) is 2. The van der Waals surface area contributed by atoms with Crippen LogP contribution in [0, 0.1) is 5.82 Å². The van der Waals surface area contributed by atoms with Gasteiger partial charge in [0.15, 0.2) is 0 Å². The SMILES string of the molecule is N[C@H](CCO)c1cc(F)cc(Br)c1. The highest BCUT2D eigenvalue weighted by atomic mass is 79.9. The zero-order valence-corrected chi connectivity index (χ0v) is 8.59. The number of nitrogens with two attached hydrogens (primary N) is 1. The fourth-order valence-corrected chi connectivity index (χ4v) is 1.58. The second kappa shape index (κ2) is 4.69. The molecule has 0 aromatic heterocycles. The van der Waals surface area contributed by atoms with Crippen molar-refractivity contribution < 1.29 is 9.50 Å². The summed E-state index contributed by atoms with van der Waals surface area (Å²) in [7, 11) is 0. The van der Waals surface area contributed by atoms with E-state index in [9.17, 15) is 4.39 Å². The Balaban J connectivity index is 2.87. The summed E-state index contributed by atoms with van der Waals surface area (Å²) in [6, 6.07) is 4.20. The lowest BCUT2D eigenvalue weighted by atomic mass is 10.1. The zero-order valence-electron chi connectivity index (χ0n) is 7.00. The van der Waals surface area contributed by atoms with Crippen LogP contribution in [0.5, 0.6) is 0 Å². The van der Waals surface area contributed by atoms with Crippen LogP contribution >= 0.6 is 15.9 Å². The number of halogens is 2. The molecule has 0 unspecified atom stereocenters. The summed E-state index contributed by atoms with van der Waals surface area (Å²) in [5.41, 5.74) is 6.39. The summed E-state index contributed by atoms with van der Waals surface area (Å²) < 4.78 is 13.5. The third kappa shape index (κ3) is 3.06. The standard InChI is InChI=1S/C9H11BrFNO/c10-7-3-6(4-8(11)5-7)9(12)1-2-13/h3-5,9,13H,1-2,12H2/t9-/m1/s1. The molecule has 1 rings (SSSR count). The van der Waals surface area contributed by atoms with Gasteiger partial charge in [0.1, 0.15) is 5.82 Å². The van der Waals surface area contributed by atoms with Gasteiger partial charge in [-0.1, -0.05) is 15.9 Å². The highest BCUT2D eigenvalue weighted by Gasteiger charge is 2.07. The molecule has 1 aromatic carbocycles. The zero-order chi connectivity index (χ0) is 9.84. The molecule has 0 spiro atoms. The van der Waals surface area contributed by atoms with Gasteiger partial charge in [-0.25, -0.2) is 4.39 Å². The number of aliphatic hydroxyl groups excluding tert-OH is 1. The maximum atomic E-state index is 12.9. The van der Waals surface area contributed by atoms with Gasteiger partial charge in [0.2, 0.25) is 0 Å². The number of rotatable bonds is 3. The van der Waals surface area contributed by atoms with Gasteiger partial charge >= 0.3 is 0 Å². The van der Waals surface area contributed by atoms with Crippen molar-refractivity contribution in [3.8, 4) is 0 Å². The van der Waals surface area contributed by atoms with Crippen molar-refractivity contribution in [2.75, 3.05) is 6.61 Å². The summed E-state index contributed by atoms with van der Waals surface area (Å²) in [4.78, 5) is 0. The molecule has 13 heavy (non-hydrogen) atoms. The maximum Gasteiger partial charge on any atom is 0.124 e. The Bertz CT molecular complexity index is 273. The van der Waals surface area contributed by atoms with E-state index in [1.54, 1.807) is 6.07 Å². The minimum Gasteiger partial charge on any atom is -0.396 e. The predicted octanol–water partition coefficient (Wildman–Crippen LogP) is 1.97. The van der Waals surface area contributed by atoms with Gasteiger partial charge in [-0.05, 0) is 30.2 Å². The molecule has 0 radical (unpaired) electrons. The van der Waals surface area contributed by atoms with Crippen LogP contribution in [0.15, 0.2) is 22.7 Å². The molecule has 0 heterocycles. The largest absolute Gasteiger partial charge is 0.396 e. The van der Waals surface area contributed by atoms with Gasteiger partial charge in [0.05, 0.1) is 0 Å². The molecule has 72 valence electrons. The lowest BCUT2D eigenvalue weighted by molar-refractivity contribution is 0.276. The van der Waals surface area contributed by atoms with Crippen molar-refractivity contribution in [2.45, 2.75) is 12.5 Å². The monoisotopic (exact) mass is 247 g/mol. The lowest BCUT2D eigenvalue weighted by Gasteiger charge is -2.10. The number of hydrogen-bond acceptors (Lipinski definition) is 2. The van der Waals surface area contributed by atoms with Crippen LogP contribution in [0.25, 0.3) is 0 Å². The molecule has 0 bridgehead atoms. The van der Waals surface area contributed by atoms with Crippen molar-refractivity contribution in [1.29, 1.82) is 0 Å². The minimum atomic E-state index is -0.322. The molecular weight excluding hydrogens is 237 g/mol. The maximum absolute atomic E-state index is 12.9. The van der Waals surface area contributed by atoms with Gasteiger partial charge in [-0.15, -0.1) is 0 Å². The second-order valence-electron chi connectivity index (χ2n) is 2.82. The van der Waals surface area contributed by atoms with Crippen molar-refractivity contribution in [1.82, 2.24) is 0 Å². The summed E-state index contributed by atoms with van der Waals surface area (Å²) >= 11 is 3.17. The van der Waals surface area contributed by atoms with E-state index in [0.717, 1.165) is 0 Å². The molecule has 0 aliphatic heterocycles. The second-order valence-corrected chi connectivity index (χ2v) is 3.74. The van der Waals surface area contributed by atoms with Gasteiger partial charge in [0.25, 0.3) is 0 Å². The Kier molecular flexibility index (Phi) is 3.84. The summed E-state index contributed by atoms with van der Waals surface area (Å²) in [6.07, 6.45) is 0.440. The molecule has 3 N–H and O–H groups in total. The van der Waals surface area contributed by atoms with Crippen LogP contribution < -0.4 is 5.73 Å². The average molecular weight is 248 g/mol. The molecule has 1 aromatic rings. The minimum absolute atomic E-state index is 0.00923. The molecule has 4 heteroatoms. The Morgan fingerprint density at radius 1 is 1.46 bits per heavy atom. The van der Waals surface area contributed by atoms with Gasteiger partial charge in [0, 0.05) is 17.1 Å². The van der Waals surface area contributed by atoms with Crippen molar-refractivity contribution in [3.63, 3.8) is 0 Å². The Morgan fingerprint density at radius 2 is 2.15 bits per heavy atom. The smallest absolute Gasteiger partial charge is 0.124 e. The third-order valence-electron chi connectivity index (χ3n) is 1.75. The lowest BCUT2D eigenvalue weighted by Crippen LogP contribution is -2.12. The van der Waals surface area contributed by atoms with Crippen LogP contribution in [0.4, 0.5) is 4.39 Å². The quantitative estimate of drug-likeness (QED) is 0.858. The van der Waals surface area contributed by atoms with E-state index in [-0.39, 0.29) is 18.5 Å². The average Bonchev–Trinajstić information content (AvgIpc) is 2.03. The summed E-state index contributed by atoms with van der Waals surface area (Å²) in [5, 5.41) is 8.65. The van der Waals surface area contributed by atoms with Gasteiger partial charge in [-0.2, -0.15) is 0 Å². The molecule has 0 aliphatic carbocycles. The fourth-order valence-electron chi connectivity index (χ4n) is 1.09. The molecule has 0 saturated carbocycles. The first-order valence-corrected chi connectivity index (χ1v) is 4.75. The first-order chi connectivity index (χ1) is 6.13. The highest BCUT2D eigenvalue weighted by molar-refractivity contribution is 9.10. The van der Waals surface area contributed by atoms with E-state index in [0.29, 0.717) is 16.5 Å². The Hall–Kier alpha value is -0.450. The van der Waals surface area contributed by atoms with Crippen molar-refractivity contribution in [2.24, 2.45) is 5.73 Å². The van der Waals surface area contributed by atoms with Crippen LogP contribution in [0.2, 0.25) is 0 Å². The number of aliphatic hydroxyl groups is 1. The van der Waals surface area contributed by atoms with E-state index < -0.39 is 0 Å². The molecule has 0 amide bonds. The Morgan fingerprint density at radius 3 is 2.69 bits per heavy atom. The van der Waals surface area contributed by atoms with Crippen molar-refractivity contribution >= 4 is 15.9 Å². The van der Waals surface area contributed by atoms with Crippen LogP contribution in [0.3, 0.4) is 0 Å². The fraction of sp³-hybridized carbons (Fsp3) is 0.333. The number of benzene rings is 1. The van der Waals surface area contributed by atoms with Gasteiger partial charge in [-0.3, -0.25) is 0 Å².